The van der Waals surface area contributed by atoms with Crippen LogP contribution < -0.4 is 0 Å². The maximum atomic E-state index is 11.4. The average molecular weight is 232 g/mol. The van der Waals surface area contributed by atoms with Gasteiger partial charge in [0.2, 0.25) is 0 Å². The van der Waals surface area contributed by atoms with Crippen LogP contribution in [0.25, 0.3) is 0 Å². The monoisotopic (exact) mass is 232 g/mol. The lowest BCUT2D eigenvalue weighted by Crippen LogP contribution is -2.27. The predicted molar refractivity (Wildman–Crippen MR) is 65.4 cm³/mol. The van der Waals surface area contributed by atoms with Crippen molar-refractivity contribution in [2.45, 2.75) is 12.8 Å². The van der Waals surface area contributed by atoms with E-state index in [1.165, 1.54) is 7.11 Å². The number of benzene rings is 1. The maximum absolute atomic E-state index is 11.4. The number of methoxy groups -OCH3 is 1. The van der Waals surface area contributed by atoms with Crippen molar-refractivity contribution in [2.75, 3.05) is 20.2 Å². The Balaban J connectivity index is 2.20. The summed E-state index contributed by atoms with van der Waals surface area (Å²) in [6.45, 7) is 1.86. The molecule has 1 aromatic carbocycles. The Bertz CT molecular complexity index is 437. The van der Waals surface area contributed by atoms with E-state index in [0.717, 1.165) is 31.5 Å². The molecular weight excluding hydrogens is 216 g/mol. The number of ether oxygens (including phenoxy) is 1. The van der Waals surface area contributed by atoms with Crippen LogP contribution >= 0.6 is 0 Å². The van der Waals surface area contributed by atoms with Gasteiger partial charge in [-0.15, -0.1) is 0 Å². The first-order valence-corrected chi connectivity index (χ1v) is 5.74. The number of carbonyl (C=O) groups is 1. The minimum atomic E-state index is -0.360. The van der Waals surface area contributed by atoms with Crippen molar-refractivity contribution >= 4 is 11.8 Å². The van der Waals surface area contributed by atoms with Crippen molar-refractivity contribution in [3.63, 3.8) is 0 Å². The summed E-state index contributed by atoms with van der Waals surface area (Å²) >= 11 is 0. The predicted octanol–water partition coefficient (Wildman–Crippen LogP) is 1.89. The number of esters is 1. The topological polar surface area (TPSA) is 53.4 Å². The molecule has 1 aliphatic rings. The van der Waals surface area contributed by atoms with Crippen molar-refractivity contribution in [2.24, 2.45) is 0 Å². The van der Waals surface area contributed by atoms with E-state index in [-0.39, 0.29) is 5.97 Å². The van der Waals surface area contributed by atoms with E-state index >= 15 is 0 Å². The van der Waals surface area contributed by atoms with E-state index in [0.29, 0.717) is 11.4 Å². The van der Waals surface area contributed by atoms with Crippen LogP contribution in [0.15, 0.2) is 24.3 Å². The van der Waals surface area contributed by atoms with Gasteiger partial charge in [0.15, 0.2) is 0 Å². The largest absolute Gasteiger partial charge is 0.465 e. The highest BCUT2D eigenvalue weighted by Gasteiger charge is 2.17. The van der Waals surface area contributed by atoms with Crippen LogP contribution in [0.2, 0.25) is 0 Å². The van der Waals surface area contributed by atoms with Gasteiger partial charge in [-0.05, 0) is 25.0 Å². The first kappa shape index (κ1) is 11.6. The number of amidine groups is 1. The number of nitrogens with one attached hydrogen (secondary N) is 1. The first-order chi connectivity index (χ1) is 8.22. The van der Waals surface area contributed by atoms with Crippen molar-refractivity contribution in [1.29, 1.82) is 5.41 Å². The van der Waals surface area contributed by atoms with Gasteiger partial charge in [0.1, 0.15) is 5.84 Å². The molecule has 1 N–H and O–H groups in total. The van der Waals surface area contributed by atoms with Gasteiger partial charge in [-0.2, -0.15) is 0 Å². The molecule has 1 fully saturated rings. The van der Waals surface area contributed by atoms with E-state index in [1.54, 1.807) is 18.2 Å². The molecule has 17 heavy (non-hydrogen) atoms. The molecule has 1 aliphatic heterocycles. The second kappa shape index (κ2) is 4.99. The zero-order valence-electron chi connectivity index (χ0n) is 9.90. The third-order valence-corrected chi connectivity index (χ3v) is 2.98. The number of hydrogen-bond donors (Lipinski definition) is 1. The molecule has 0 amide bonds. The molecule has 1 heterocycles. The van der Waals surface area contributed by atoms with Crippen LogP contribution in [0.3, 0.4) is 0 Å². The quantitative estimate of drug-likeness (QED) is 0.481. The van der Waals surface area contributed by atoms with Gasteiger partial charge in [0, 0.05) is 18.7 Å². The van der Waals surface area contributed by atoms with E-state index in [9.17, 15) is 4.79 Å². The molecule has 0 bridgehead atoms. The van der Waals surface area contributed by atoms with E-state index < -0.39 is 0 Å². The van der Waals surface area contributed by atoms with E-state index in [4.69, 9.17) is 5.41 Å². The molecule has 0 spiro atoms. The molecule has 0 unspecified atom stereocenters. The summed E-state index contributed by atoms with van der Waals surface area (Å²) < 4.78 is 4.67. The molecule has 1 saturated heterocycles. The van der Waals surface area contributed by atoms with Crippen LogP contribution in [-0.2, 0) is 4.74 Å². The highest BCUT2D eigenvalue weighted by molar-refractivity contribution is 5.99. The fourth-order valence-corrected chi connectivity index (χ4v) is 2.03. The minimum absolute atomic E-state index is 0.360. The molecule has 0 aromatic heterocycles. The van der Waals surface area contributed by atoms with Gasteiger partial charge in [-0.25, -0.2) is 4.79 Å². The zero-order chi connectivity index (χ0) is 12.3. The fourth-order valence-electron chi connectivity index (χ4n) is 2.03. The molecule has 0 radical (unpaired) electrons. The first-order valence-electron chi connectivity index (χ1n) is 5.74. The summed E-state index contributed by atoms with van der Waals surface area (Å²) in [7, 11) is 1.36. The van der Waals surface area contributed by atoms with Crippen molar-refractivity contribution < 1.29 is 9.53 Å². The number of nitrogens with zero attached hydrogens (tertiary/aromatic N) is 1. The Morgan fingerprint density at radius 1 is 1.29 bits per heavy atom. The molecular formula is C13H16N2O2. The summed E-state index contributed by atoms with van der Waals surface area (Å²) in [6.07, 6.45) is 2.28. The van der Waals surface area contributed by atoms with Crippen molar-refractivity contribution in [1.82, 2.24) is 4.90 Å². The summed E-state index contributed by atoms with van der Waals surface area (Å²) in [5.74, 6) is 0.134. The van der Waals surface area contributed by atoms with Gasteiger partial charge in [-0.3, -0.25) is 5.41 Å². The Hall–Kier alpha value is -1.84. The number of carbonyl (C=O) groups excluding carboxylic acids is 1. The fraction of sp³-hybridized carbons (Fsp3) is 0.385. The van der Waals surface area contributed by atoms with Crippen LogP contribution in [0.4, 0.5) is 0 Å². The van der Waals surface area contributed by atoms with Gasteiger partial charge in [-0.1, -0.05) is 12.1 Å². The highest BCUT2D eigenvalue weighted by Crippen LogP contribution is 2.14. The normalized spacial score (nSPS) is 14.8. The highest BCUT2D eigenvalue weighted by atomic mass is 16.5. The minimum Gasteiger partial charge on any atom is -0.465 e. The SMILES string of the molecule is COC(=O)c1cccc(C(=N)N2CCCC2)c1. The van der Waals surface area contributed by atoms with Gasteiger partial charge >= 0.3 is 5.97 Å². The lowest BCUT2D eigenvalue weighted by molar-refractivity contribution is 0.0600. The van der Waals surface area contributed by atoms with Crippen molar-refractivity contribution in [3.05, 3.63) is 35.4 Å². The molecule has 4 heteroatoms. The average Bonchev–Trinajstić information content (AvgIpc) is 2.91. The zero-order valence-corrected chi connectivity index (χ0v) is 9.90. The summed E-state index contributed by atoms with van der Waals surface area (Å²) in [5, 5.41) is 8.10. The second-order valence-corrected chi connectivity index (χ2v) is 4.12. The van der Waals surface area contributed by atoms with E-state index in [1.807, 2.05) is 11.0 Å². The Kier molecular flexibility index (Phi) is 3.42. The Morgan fingerprint density at radius 3 is 2.59 bits per heavy atom. The number of rotatable bonds is 2. The summed E-state index contributed by atoms with van der Waals surface area (Å²) in [4.78, 5) is 13.4. The molecule has 90 valence electrons. The van der Waals surface area contributed by atoms with Crippen LogP contribution in [0.1, 0.15) is 28.8 Å². The molecule has 4 nitrogen and oxygen atoms in total. The lowest BCUT2D eigenvalue weighted by atomic mass is 10.1. The molecule has 0 atom stereocenters. The van der Waals surface area contributed by atoms with Gasteiger partial charge < -0.3 is 9.64 Å². The molecule has 0 saturated carbocycles. The molecule has 1 aromatic rings. The van der Waals surface area contributed by atoms with Crippen LogP contribution in [-0.4, -0.2) is 36.9 Å². The van der Waals surface area contributed by atoms with Crippen LogP contribution in [0.5, 0.6) is 0 Å². The smallest absolute Gasteiger partial charge is 0.337 e. The summed E-state index contributed by atoms with van der Waals surface area (Å²) in [5.41, 5.74) is 1.27. The van der Waals surface area contributed by atoms with E-state index in [2.05, 4.69) is 4.74 Å². The maximum Gasteiger partial charge on any atom is 0.337 e. The van der Waals surface area contributed by atoms with Crippen LogP contribution in [0, 0.1) is 5.41 Å². The second-order valence-electron chi connectivity index (χ2n) is 4.12. The molecule has 2 rings (SSSR count). The standard InChI is InChI=1S/C13H16N2O2/c1-17-13(16)11-6-4-5-10(9-11)12(14)15-7-2-3-8-15/h4-6,9,14H,2-3,7-8H2,1H3. The van der Waals surface area contributed by atoms with Gasteiger partial charge in [0.25, 0.3) is 0 Å². The van der Waals surface area contributed by atoms with Crippen molar-refractivity contribution in [3.8, 4) is 0 Å². The summed E-state index contributed by atoms with van der Waals surface area (Å²) in [6, 6.07) is 7.05. The number of likely N-dealkylation sites (tertiary alicyclic amines) is 1. The number of hydrogen-bond acceptors (Lipinski definition) is 3. The Labute approximate surface area is 101 Å². The third kappa shape index (κ3) is 2.46. The third-order valence-electron chi connectivity index (χ3n) is 2.98. The van der Waals surface area contributed by atoms with Gasteiger partial charge in [0.05, 0.1) is 12.7 Å². The lowest BCUT2D eigenvalue weighted by Gasteiger charge is -2.18. The molecule has 0 aliphatic carbocycles. The Morgan fingerprint density at radius 2 is 1.94 bits per heavy atom.